The third kappa shape index (κ3) is 2.49. The quantitative estimate of drug-likeness (QED) is 0.731. The minimum absolute atomic E-state index is 0.00878. The SMILES string of the molecule is N#CC1(c2ccc3cnc(NC(=O)C4CC4c4cccnc4)cc3c2)CC12CC2. The second-order valence-corrected chi connectivity index (χ2v) is 8.83. The van der Waals surface area contributed by atoms with Crippen LogP contribution in [0.1, 0.15) is 42.7 Å². The Morgan fingerprint density at radius 2 is 2.07 bits per heavy atom. The van der Waals surface area contributed by atoms with Crippen molar-refractivity contribution in [2.75, 3.05) is 5.32 Å². The van der Waals surface area contributed by atoms with Crippen LogP contribution in [0.15, 0.2) is 55.0 Å². The van der Waals surface area contributed by atoms with Crippen molar-refractivity contribution in [3.8, 4) is 6.07 Å². The first-order valence-corrected chi connectivity index (χ1v) is 10.2. The summed E-state index contributed by atoms with van der Waals surface area (Å²) in [4.78, 5) is 21.2. The molecule has 3 atom stereocenters. The van der Waals surface area contributed by atoms with E-state index in [1.165, 1.54) is 0 Å². The van der Waals surface area contributed by atoms with E-state index < -0.39 is 0 Å². The number of fused-ring (bicyclic) bond motifs is 1. The molecule has 5 nitrogen and oxygen atoms in total. The van der Waals surface area contributed by atoms with E-state index in [0.29, 0.717) is 5.82 Å². The van der Waals surface area contributed by atoms with E-state index in [0.717, 1.165) is 47.6 Å². The van der Waals surface area contributed by atoms with E-state index in [1.54, 1.807) is 12.4 Å². The molecule has 3 aliphatic carbocycles. The van der Waals surface area contributed by atoms with Gasteiger partial charge in [0.1, 0.15) is 5.82 Å². The van der Waals surface area contributed by atoms with Crippen LogP contribution in [-0.2, 0) is 10.2 Å². The maximum absolute atomic E-state index is 12.7. The second-order valence-electron chi connectivity index (χ2n) is 8.83. The highest BCUT2D eigenvalue weighted by Crippen LogP contribution is 2.78. The average Bonchev–Trinajstić information content (AvgIpc) is 3.66. The number of nitriles is 1. The lowest BCUT2D eigenvalue weighted by molar-refractivity contribution is -0.117. The topological polar surface area (TPSA) is 78.7 Å². The molecule has 0 radical (unpaired) electrons. The molecule has 5 heteroatoms. The van der Waals surface area contributed by atoms with E-state index in [2.05, 4.69) is 33.5 Å². The maximum Gasteiger partial charge on any atom is 0.229 e. The molecule has 29 heavy (non-hydrogen) atoms. The van der Waals surface area contributed by atoms with Gasteiger partial charge in [-0.25, -0.2) is 4.98 Å². The fourth-order valence-corrected chi connectivity index (χ4v) is 4.99. The van der Waals surface area contributed by atoms with Gasteiger partial charge in [-0.05, 0) is 71.7 Å². The van der Waals surface area contributed by atoms with Crippen LogP contribution in [0.5, 0.6) is 0 Å². The zero-order chi connectivity index (χ0) is 19.6. The number of anilines is 1. The Hall–Kier alpha value is -3.26. The summed E-state index contributed by atoms with van der Waals surface area (Å²) in [6, 6.07) is 14.7. The van der Waals surface area contributed by atoms with Crippen molar-refractivity contribution in [2.24, 2.45) is 11.3 Å². The van der Waals surface area contributed by atoms with Crippen LogP contribution in [0, 0.1) is 22.7 Å². The molecule has 1 N–H and O–H groups in total. The summed E-state index contributed by atoms with van der Waals surface area (Å²) in [7, 11) is 0. The van der Waals surface area contributed by atoms with Crippen LogP contribution in [-0.4, -0.2) is 15.9 Å². The molecule has 3 aromatic rings. The monoisotopic (exact) mass is 380 g/mol. The molecule has 2 aromatic heterocycles. The number of carbonyl (C=O) groups is 1. The number of aromatic nitrogens is 2. The molecule has 1 spiro atoms. The molecule has 3 fully saturated rings. The third-order valence-corrected chi connectivity index (χ3v) is 7.13. The molecule has 3 aliphatic rings. The molecule has 0 aliphatic heterocycles. The zero-order valence-corrected chi connectivity index (χ0v) is 15.9. The van der Waals surface area contributed by atoms with Crippen molar-refractivity contribution >= 4 is 22.5 Å². The van der Waals surface area contributed by atoms with E-state index >= 15 is 0 Å². The van der Waals surface area contributed by atoms with Gasteiger partial charge in [-0.1, -0.05) is 18.2 Å². The molecule has 1 amide bonds. The van der Waals surface area contributed by atoms with Crippen LogP contribution in [0.25, 0.3) is 10.8 Å². The number of carbonyl (C=O) groups excluding carboxylic acids is 1. The fourth-order valence-electron chi connectivity index (χ4n) is 4.99. The van der Waals surface area contributed by atoms with Gasteiger partial charge in [0, 0.05) is 29.9 Å². The lowest BCUT2D eigenvalue weighted by Gasteiger charge is -2.11. The third-order valence-electron chi connectivity index (χ3n) is 7.13. The van der Waals surface area contributed by atoms with E-state index in [1.807, 2.05) is 30.5 Å². The first-order chi connectivity index (χ1) is 14.1. The summed E-state index contributed by atoms with van der Waals surface area (Å²) in [6.07, 6.45) is 9.53. The molecule has 3 unspecified atom stereocenters. The van der Waals surface area contributed by atoms with E-state index in [9.17, 15) is 10.1 Å². The fraction of sp³-hybridized carbons (Fsp3) is 0.333. The predicted molar refractivity (Wildman–Crippen MR) is 109 cm³/mol. The van der Waals surface area contributed by atoms with Crippen LogP contribution in [0.4, 0.5) is 5.82 Å². The van der Waals surface area contributed by atoms with Crippen molar-refractivity contribution in [3.63, 3.8) is 0 Å². The summed E-state index contributed by atoms with van der Waals surface area (Å²) in [6.45, 7) is 0. The molecular formula is C24H20N4O. The van der Waals surface area contributed by atoms with Gasteiger partial charge in [0.15, 0.2) is 0 Å². The van der Waals surface area contributed by atoms with Crippen LogP contribution in [0.2, 0.25) is 0 Å². The number of benzene rings is 1. The van der Waals surface area contributed by atoms with Gasteiger partial charge in [-0.2, -0.15) is 5.26 Å². The highest BCUT2D eigenvalue weighted by atomic mass is 16.2. The lowest BCUT2D eigenvalue weighted by atomic mass is 9.92. The van der Waals surface area contributed by atoms with Crippen molar-refractivity contribution < 1.29 is 4.79 Å². The van der Waals surface area contributed by atoms with Crippen molar-refractivity contribution in [2.45, 2.75) is 37.0 Å². The number of pyridine rings is 2. The van der Waals surface area contributed by atoms with E-state index in [-0.39, 0.29) is 28.6 Å². The maximum atomic E-state index is 12.7. The second kappa shape index (κ2) is 5.64. The minimum atomic E-state index is -0.307. The van der Waals surface area contributed by atoms with Crippen molar-refractivity contribution in [3.05, 3.63) is 66.1 Å². The van der Waals surface area contributed by atoms with Crippen LogP contribution >= 0.6 is 0 Å². The standard InChI is InChI=1S/C24H20N4O/c25-14-24(13-23(24)5-6-23)18-4-3-15-12-27-21(9-17(15)8-18)28-22(29)20-10-19(20)16-2-1-7-26-11-16/h1-4,7-9,11-12,19-20H,5-6,10,13H2,(H,27,28,29). The average molecular weight is 380 g/mol. The molecule has 3 saturated carbocycles. The first kappa shape index (κ1) is 16.7. The number of nitrogens with zero attached hydrogens (tertiary/aromatic N) is 3. The van der Waals surface area contributed by atoms with Gasteiger partial charge in [-0.3, -0.25) is 9.78 Å². The molecule has 0 bridgehead atoms. The Kier molecular flexibility index (Phi) is 3.24. The largest absolute Gasteiger partial charge is 0.310 e. The summed E-state index contributed by atoms with van der Waals surface area (Å²) < 4.78 is 0. The molecule has 1 aromatic carbocycles. The van der Waals surface area contributed by atoms with Crippen LogP contribution < -0.4 is 5.32 Å². The van der Waals surface area contributed by atoms with Crippen LogP contribution in [0.3, 0.4) is 0 Å². The Morgan fingerprint density at radius 1 is 1.17 bits per heavy atom. The molecule has 0 saturated heterocycles. The minimum Gasteiger partial charge on any atom is -0.310 e. The Balaban J connectivity index is 1.23. The lowest BCUT2D eigenvalue weighted by Crippen LogP contribution is -2.15. The van der Waals surface area contributed by atoms with Crippen molar-refractivity contribution in [1.29, 1.82) is 5.26 Å². The number of nitrogens with one attached hydrogen (secondary N) is 1. The highest BCUT2D eigenvalue weighted by Gasteiger charge is 2.75. The van der Waals surface area contributed by atoms with Gasteiger partial charge < -0.3 is 5.32 Å². The van der Waals surface area contributed by atoms with Gasteiger partial charge in [-0.15, -0.1) is 0 Å². The Bertz CT molecular complexity index is 1190. The van der Waals surface area contributed by atoms with E-state index in [4.69, 9.17) is 0 Å². The molecule has 6 rings (SSSR count). The Labute approximate surface area is 168 Å². The number of rotatable bonds is 4. The first-order valence-electron chi connectivity index (χ1n) is 10.2. The molecule has 142 valence electrons. The summed E-state index contributed by atoms with van der Waals surface area (Å²) in [5, 5.41) is 14.8. The van der Waals surface area contributed by atoms with Gasteiger partial charge in [0.2, 0.25) is 5.91 Å². The predicted octanol–water partition coefficient (Wildman–Crippen LogP) is 4.32. The summed E-state index contributed by atoms with van der Waals surface area (Å²) >= 11 is 0. The molecule has 2 heterocycles. The highest BCUT2D eigenvalue weighted by molar-refractivity contribution is 5.96. The van der Waals surface area contributed by atoms with Crippen molar-refractivity contribution in [1.82, 2.24) is 9.97 Å². The summed E-state index contributed by atoms with van der Waals surface area (Å²) in [5.74, 6) is 0.802. The molecular weight excluding hydrogens is 360 g/mol. The van der Waals surface area contributed by atoms with Gasteiger partial charge >= 0.3 is 0 Å². The van der Waals surface area contributed by atoms with Gasteiger partial charge in [0.25, 0.3) is 0 Å². The smallest absolute Gasteiger partial charge is 0.229 e. The van der Waals surface area contributed by atoms with Gasteiger partial charge in [0.05, 0.1) is 11.5 Å². The Morgan fingerprint density at radius 3 is 2.79 bits per heavy atom. The zero-order valence-electron chi connectivity index (χ0n) is 15.9. The number of hydrogen-bond donors (Lipinski definition) is 1. The normalized spacial score (nSPS) is 28.0. The number of amides is 1. The number of hydrogen-bond acceptors (Lipinski definition) is 4. The summed E-state index contributed by atoms with van der Waals surface area (Å²) in [5.41, 5.74) is 2.15.